The van der Waals surface area contributed by atoms with Gasteiger partial charge in [-0.15, -0.1) is 11.3 Å². The molecule has 1 aromatic rings. The van der Waals surface area contributed by atoms with Gasteiger partial charge in [0.15, 0.2) is 9.84 Å². The molecule has 1 aromatic heterocycles. The third-order valence-corrected chi connectivity index (χ3v) is 6.07. The van der Waals surface area contributed by atoms with Crippen molar-refractivity contribution < 1.29 is 8.42 Å². The smallest absolute Gasteiger partial charge is 0.155 e. The number of sulfone groups is 1. The average molecular weight is 260 g/mol. The van der Waals surface area contributed by atoms with E-state index < -0.39 is 9.84 Å². The number of nitrogens with zero attached hydrogens (tertiary/aromatic N) is 1. The molecule has 0 unspecified atom stereocenters. The summed E-state index contributed by atoms with van der Waals surface area (Å²) in [6.45, 7) is 4.59. The second kappa shape index (κ2) is 3.78. The van der Waals surface area contributed by atoms with E-state index in [1.165, 1.54) is 11.3 Å². The summed E-state index contributed by atoms with van der Waals surface area (Å²) in [4.78, 5) is 5.44. The van der Waals surface area contributed by atoms with Crippen molar-refractivity contribution in [1.82, 2.24) is 4.98 Å². The van der Waals surface area contributed by atoms with Crippen LogP contribution in [0.5, 0.6) is 0 Å². The Morgan fingerprint density at radius 1 is 1.50 bits per heavy atom. The molecule has 0 bridgehead atoms. The molecule has 0 aromatic carbocycles. The van der Waals surface area contributed by atoms with Gasteiger partial charge >= 0.3 is 0 Å². The predicted octanol–water partition coefficient (Wildman–Crippen LogP) is 0.850. The van der Waals surface area contributed by atoms with Crippen LogP contribution in [0.1, 0.15) is 29.4 Å². The molecule has 0 spiro atoms. The van der Waals surface area contributed by atoms with Gasteiger partial charge in [-0.2, -0.15) is 0 Å². The topological polar surface area (TPSA) is 73.0 Å². The van der Waals surface area contributed by atoms with Crippen molar-refractivity contribution in [3.05, 3.63) is 15.6 Å². The zero-order valence-corrected chi connectivity index (χ0v) is 11.1. The standard InChI is InChI=1S/C10H16N2O2S2/c1-10(2,6-11)9-12-7-3-4-16(13,14)5-8(7)15-9/h3-6,11H2,1-2H3. The largest absolute Gasteiger partial charge is 0.330 e. The third kappa shape index (κ3) is 2.14. The zero-order valence-electron chi connectivity index (χ0n) is 9.49. The Hall–Kier alpha value is -0.460. The molecule has 0 radical (unpaired) electrons. The van der Waals surface area contributed by atoms with Crippen molar-refractivity contribution >= 4 is 21.2 Å². The Bertz CT molecular complexity index is 503. The van der Waals surface area contributed by atoms with Gasteiger partial charge in [0, 0.05) is 23.3 Å². The first-order valence-corrected chi connectivity index (χ1v) is 7.87. The Morgan fingerprint density at radius 2 is 2.19 bits per heavy atom. The van der Waals surface area contributed by atoms with Gasteiger partial charge in [0.2, 0.25) is 0 Å². The number of rotatable bonds is 2. The van der Waals surface area contributed by atoms with Gasteiger partial charge in [-0.25, -0.2) is 13.4 Å². The van der Waals surface area contributed by atoms with Crippen LogP contribution in [0.4, 0.5) is 0 Å². The fraction of sp³-hybridized carbons (Fsp3) is 0.700. The Morgan fingerprint density at radius 3 is 2.81 bits per heavy atom. The second-order valence-electron chi connectivity index (χ2n) is 4.82. The number of fused-ring (bicyclic) bond motifs is 1. The average Bonchev–Trinajstić information content (AvgIpc) is 2.59. The van der Waals surface area contributed by atoms with Gasteiger partial charge in [0.25, 0.3) is 0 Å². The lowest BCUT2D eigenvalue weighted by molar-refractivity contribution is 0.533. The van der Waals surface area contributed by atoms with Crippen LogP contribution in [0.3, 0.4) is 0 Å². The van der Waals surface area contributed by atoms with Gasteiger partial charge in [-0.05, 0) is 0 Å². The van der Waals surface area contributed by atoms with Crippen LogP contribution in [-0.4, -0.2) is 25.7 Å². The number of aryl methyl sites for hydroxylation is 1. The lowest BCUT2D eigenvalue weighted by Gasteiger charge is -2.18. The normalized spacial score (nSPS) is 19.4. The fourth-order valence-corrected chi connectivity index (χ4v) is 4.60. The Labute approximate surface area is 99.8 Å². The summed E-state index contributed by atoms with van der Waals surface area (Å²) in [5, 5.41) is 0.956. The molecule has 0 saturated heterocycles. The van der Waals surface area contributed by atoms with E-state index in [9.17, 15) is 8.42 Å². The summed E-state index contributed by atoms with van der Waals surface area (Å²) in [6, 6.07) is 0. The lowest BCUT2D eigenvalue weighted by atomic mass is 9.95. The number of thiazole rings is 1. The molecule has 1 aliphatic rings. The van der Waals surface area contributed by atoms with Crippen molar-refractivity contribution in [1.29, 1.82) is 0 Å². The molecule has 0 amide bonds. The van der Waals surface area contributed by atoms with Crippen LogP contribution >= 0.6 is 11.3 Å². The number of hydrogen-bond acceptors (Lipinski definition) is 5. The minimum absolute atomic E-state index is 0.153. The first-order chi connectivity index (χ1) is 7.34. The summed E-state index contributed by atoms with van der Waals surface area (Å²) < 4.78 is 23.0. The zero-order chi connectivity index (χ0) is 12.0. The van der Waals surface area contributed by atoms with Crippen molar-refractivity contribution in [2.45, 2.75) is 31.4 Å². The van der Waals surface area contributed by atoms with E-state index in [1.54, 1.807) is 0 Å². The van der Waals surface area contributed by atoms with Crippen molar-refractivity contribution in [2.75, 3.05) is 12.3 Å². The van der Waals surface area contributed by atoms with Crippen LogP contribution in [-0.2, 0) is 27.4 Å². The SMILES string of the molecule is CC(C)(CN)c1nc2c(s1)CS(=O)(=O)CC2. The molecule has 90 valence electrons. The second-order valence-corrected chi connectivity index (χ2v) is 8.09. The first-order valence-electron chi connectivity index (χ1n) is 5.24. The summed E-state index contributed by atoms with van der Waals surface area (Å²) in [7, 11) is -2.90. The number of hydrogen-bond donors (Lipinski definition) is 1. The quantitative estimate of drug-likeness (QED) is 0.855. The van der Waals surface area contributed by atoms with Crippen molar-refractivity contribution in [3.8, 4) is 0 Å². The van der Waals surface area contributed by atoms with Crippen LogP contribution < -0.4 is 5.73 Å². The van der Waals surface area contributed by atoms with E-state index in [2.05, 4.69) is 4.98 Å². The van der Waals surface area contributed by atoms with Gasteiger partial charge in [0.05, 0.1) is 22.2 Å². The molecule has 0 saturated carbocycles. The van der Waals surface area contributed by atoms with Gasteiger partial charge < -0.3 is 5.73 Å². The number of nitrogens with two attached hydrogens (primary N) is 1. The summed E-state index contributed by atoms with van der Waals surface area (Å²) in [5.41, 5.74) is 6.49. The summed E-state index contributed by atoms with van der Waals surface area (Å²) in [5.74, 6) is 0.382. The maximum absolute atomic E-state index is 11.5. The maximum Gasteiger partial charge on any atom is 0.155 e. The van der Waals surface area contributed by atoms with Crippen molar-refractivity contribution in [2.24, 2.45) is 5.73 Å². The van der Waals surface area contributed by atoms with Gasteiger partial charge in [-0.1, -0.05) is 13.8 Å². The van der Waals surface area contributed by atoms with Crippen LogP contribution in [0.15, 0.2) is 0 Å². The van der Waals surface area contributed by atoms with E-state index in [0.29, 0.717) is 13.0 Å². The Kier molecular flexibility index (Phi) is 2.84. The highest BCUT2D eigenvalue weighted by Crippen LogP contribution is 2.32. The van der Waals surface area contributed by atoms with Crippen LogP contribution in [0, 0.1) is 0 Å². The molecule has 2 heterocycles. The molecule has 0 atom stereocenters. The summed E-state index contributed by atoms with van der Waals surface area (Å²) in [6.07, 6.45) is 0.550. The molecule has 16 heavy (non-hydrogen) atoms. The number of aromatic nitrogens is 1. The Balaban J connectivity index is 2.39. The van der Waals surface area contributed by atoms with E-state index in [-0.39, 0.29) is 16.9 Å². The molecule has 0 aliphatic carbocycles. The molecule has 6 heteroatoms. The lowest BCUT2D eigenvalue weighted by Crippen LogP contribution is -2.27. The highest BCUT2D eigenvalue weighted by atomic mass is 32.2. The van der Waals surface area contributed by atoms with Gasteiger partial charge in [-0.3, -0.25) is 0 Å². The maximum atomic E-state index is 11.5. The molecular formula is C10H16N2O2S2. The molecule has 0 fully saturated rings. The molecule has 2 N–H and O–H groups in total. The van der Waals surface area contributed by atoms with Crippen LogP contribution in [0.25, 0.3) is 0 Å². The van der Waals surface area contributed by atoms with E-state index in [4.69, 9.17) is 5.73 Å². The minimum Gasteiger partial charge on any atom is -0.330 e. The summed E-state index contributed by atoms with van der Waals surface area (Å²) >= 11 is 1.50. The van der Waals surface area contributed by atoms with Gasteiger partial charge in [0.1, 0.15) is 0 Å². The molecule has 1 aliphatic heterocycles. The highest BCUT2D eigenvalue weighted by molar-refractivity contribution is 7.90. The molecular weight excluding hydrogens is 244 g/mol. The van der Waals surface area contributed by atoms with E-state index >= 15 is 0 Å². The minimum atomic E-state index is -2.90. The monoisotopic (exact) mass is 260 g/mol. The fourth-order valence-electron chi connectivity index (χ4n) is 1.59. The highest BCUT2D eigenvalue weighted by Gasteiger charge is 2.29. The van der Waals surface area contributed by atoms with E-state index in [1.807, 2.05) is 13.8 Å². The van der Waals surface area contributed by atoms with E-state index in [0.717, 1.165) is 15.6 Å². The third-order valence-electron chi connectivity index (χ3n) is 2.87. The van der Waals surface area contributed by atoms with Crippen molar-refractivity contribution in [3.63, 3.8) is 0 Å². The molecule has 4 nitrogen and oxygen atoms in total. The molecule has 2 rings (SSSR count). The van der Waals surface area contributed by atoms with Crippen LogP contribution in [0.2, 0.25) is 0 Å². The first kappa shape index (κ1) is 12.0. The predicted molar refractivity (Wildman–Crippen MR) is 65.4 cm³/mol.